The lowest BCUT2D eigenvalue weighted by molar-refractivity contribution is -0.118. The van der Waals surface area contributed by atoms with Crippen LogP contribution in [0.3, 0.4) is 0 Å². The smallest absolute Gasteiger partial charge is 0.231 e. The van der Waals surface area contributed by atoms with Crippen LogP contribution >= 0.6 is 0 Å². The van der Waals surface area contributed by atoms with Gasteiger partial charge >= 0.3 is 0 Å². The zero-order chi connectivity index (χ0) is 16.2. The van der Waals surface area contributed by atoms with Gasteiger partial charge in [-0.3, -0.25) is 4.79 Å². The minimum absolute atomic E-state index is 0.0974. The van der Waals surface area contributed by atoms with Crippen molar-refractivity contribution in [1.29, 1.82) is 0 Å². The van der Waals surface area contributed by atoms with E-state index in [0.717, 1.165) is 35.9 Å². The molecule has 23 heavy (non-hydrogen) atoms. The number of rotatable bonds is 4. The number of ether oxygens (including phenoxy) is 1. The molecule has 0 saturated carbocycles. The van der Waals surface area contributed by atoms with Gasteiger partial charge in [-0.15, -0.1) is 0 Å². The number of methoxy groups -OCH3 is 1. The van der Waals surface area contributed by atoms with E-state index in [-0.39, 0.29) is 5.91 Å². The summed E-state index contributed by atoms with van der Waals surface area (Å²) in [6.45, 7) is 4.51. The molecule has 0 unspecified atom stereocenters. The average Bonchev–Trinajstić information content (AvgIpc) is 2.61. The Labute approximate surface area is 136 Å². The van der Waals surface area contributed by atoms with Crippen LogP contribution in [0.2, 0.25) is 0 Å². The summed E-state index contributed by atoms with van der Waals surface area (Å²) in [5.41, 5.74) is 1.89. The van der Waals surface area contributed by atoms with Crippen LogP contribution in [0.15, 0.2) is 42.6 Å². The molecule has 0 fully saturated rings. The van der Waals surface area contributed by atoms with Crippen LogP contribution in [0, 0.1) is 0 Å². The van der Waals surface area contributed by atoms with Gasteiger partial charge in [-0.25, -0.2) is 4.98 Å². The minimum Gasteiger partial charge on any atom is -0.497 e. The first-order valence-electron chi connectivity index (χ1n) is 7.86. The van der Waals surface area contributed by atoms with Crippen molar-refractivity contribution in [2.24, 2.45) is 0 Å². The summed E-state index contributed by atoms with van der Waals surface area (Å²) in [6, 6.07) is 11.5. The van der Waals surface area contributed by atoms with Crippen LogP contribution in [0.5, 0.6) is 5.75 Å². The van der Waals surface area contributed by atoms with Crippen molar-refractivity contribution in [3.05, 3.63) is 48.2 Å². The van der Waals surface area contributed by atoms with Crippen molar-refractivity contribution in [1.82, 2.24) is 4.98 Å². The van der Waals surface area contributed by atoms with Gasteiger partial charge in [0, 0.05) is 25.8 Å². The summed E-state index contributed by atoms with van der Waals surface area (Å²) in [5.74, 6) is 1.79. The molecular formula is C18H21N3O2. The first-order valence-corrected chi connectivity index (χ1v) is 7.86. The standard InChI is InChI=1S/C18H21N3O2/c1-3-20-11-12-21(16-5-4-10-19-18(16)20)17(22)13-14-6-8-15(23-2)9-7-14/h4-10H,3,11-13H2,1-2H3. The van der Waals surface area contributed by atoms with Crippen LogP contribution in [0.4, 0.5) is 11.5 Å². The van der Waals surface area contributed by atoms with Crippen LogP contribution in [-0.2, 0) is 11.2 Å². The molecule has 5 nitrogen and oxygen atoms in total. The molecule has 2 heterocycles. The highest BCUT2D eigenvalue weighted by Gasteiger charge is 2.26. The van der Waals surface area contributed by atoms with Crippen LogP contribution in [0.1, 0.15) is 12.5 Å². The lowest BCUT2D eigenvalue weighted by Crippen LogP contribution is -2.45. The topological polar surface area (TPSA) is 45.7 Å². The molecule has 2 aromatic rings. The Balaban J connectivity index is 1.79. The van der Waals surface area contributed by atoms with Gasteiger partial charge in [0.2, 0.25) is 5.91 Å². The van der Waals surface area contributed by atoms with E-state index in [1.165, 1.54) is 0 Å². The molecule has 0 radical (unpaired) electrons. The summed E-state index contributed by atoms with van der Waals surface area (Å²) < 4.78 is 5.15. The molecule has 0 atom stereocenters. The zero-order valence-corrected chi connectivity index (χ0v) is 13.5. The van der Waals surface area contributed by atoms with Gasteiger partial charge in [-0.05, 0) is 36.8 Å². The Morgan fingerprint density at radius 2 is 2.00 bits per heavy atom. The average molecular weight is 311 g/mol. The van der Waals surface area contributed by atoms with Crippen molar-refractivity contribution >= 4 is 17.4 Å². The van der Waals surface area contributed by atoms with Crippen molar-refractivity contribution in [2.75, 3.05) is 36.5 Å². The fourth-order valence-corrected chi connectivity index (χ4v) is 2.87. The third-order valence-electron chi connectivity index (χ3n) is 4.15. The number of hydrogen-bond donors (Lipinski definition) is 0. The van der Waals surface area contributed by atoms with Crippen LogP contribution in [0.25, 0.3) is 0 Å². The number of amides is 1. The van der Waals surface area contributed by atoms with Gasteiger partial charge < -0.3 is 14.5 Å². The second-order valence-corrected chi connectivity index (χ2v) is 5.50. The summed E-state index contributed by atoms with van der Waals surface area (Å²) in [4.78, 5) is 21.2. The third kappa shape index (κ3) is 3.13. The van der Waals surface area contributed by atoms with Crippen molar-refractivity contribution in [2.45, 2.75) is 13.3 Å². The quantitative estimate of drug-likeness (QED) is 0.870. The largest absolute Gasteiger partial charge is 0.497 e. The molecule has 0 N–H and O–H groups in total. The zero-order valence-electron chi connectivity index (χ0n) is 13.5. The summed E-state index contributed by atoms with van der Waals surface area (Å²) in [6.07, 6.45) is 2.16. The van der Waals surface area contributed by atoms with E-state index in [9.17, 15) is 4.79 Å². The highest BCUT2D eigenvalue weighted by atomic mass is 16.5. The maximum absolute atomic E-state index is 12.7. The van der Waals surface area contributed by atoms with Gasteiger partial charge in [0.1, 0.15) is 5.75 Å². The van der Waals surface area contributed by atoms with E-state index >= 15 is 0 Å². The minimum atomic E-state index is 0.0974. The highest BCUT2D eigenvalue weighted by Crippen LogP contribution is 2.30. The number of benzene rings is 1. The predicted octanol–water partition coefficient (Wildman–Crippen LogP) is 2.51. The molecular weight excluding hydrogens is 290 g/mol. The third-order valence-corrected chi connectivity index (χ3v) is 4.15. The van der Waals surface area contributed by atoms with Gasteiger partial charge in [0.15, 0.2) is 5.82 Å². The van der Waals surface area contributed by atoms with E-state index in [0.29, 0.717) is 13.0 Å². The molecule has 1 aliphatic heterocycles. The van der Waals surface area contributed by atoms with E-state index in [1.54, 1.807) is 13.3 Å². The van der Waals surface area contributed by atoms with E-state index in [1.807, 2.05) is 41.3 Å². The van der Waals surface area contributed by atoms with Crippen LogP contribution in [-0.4, -0.2) is 37.6 Å². The molecule has 0 aliphatic carbocycles. The second kappa shape index (κ2) is 6.69. The number of hydrogen-bond acceptors (Lipinski definition) is 4. The number of pyridine rings is 1. The van der Waals surface area contributed by atoms with Crippen molar-refractivity contribution < 1.29 is 9.53 Å². The lowest BCUT2D eigenvalue weighted by atomic mass is 10.1. The Kier molecular flexibility index (Phi) is 4.46. The van der Waals surface area contributed by atoms with Gasteiger partial charge in [-0.2, -0.15) is 0 Å². The molecule has 1 amide bonds. The summed E-state index contributed by atoms with van der Waals surface area (Å²) in [5, 5.41) is 0. The van der Waals surface area contributed by atoms with E-state index in [4.69, 9.17) is 4.74 Å². The molecule has 0 bridgehead atoms. The maximum Gasteiger partial charge on any atom is 0.231 e. The van der Waals surface area contributed by atoms with Crippen molar-refractivity contribution in [3.8, 4) is 5.75 Å². The SMILES string of the molecule is CCN1CCN(C(=O)Cc2ccc(OC)cc2)c2cccnc21. The molecule has 1 aromatic heterocycles. The molecule has 5 heteroatoms. The number of carbonyl (C=O) groups is 1. The first-order chi connectivity index (χ1) is 11.2. The summed E-state index contributed by atoms with van der Waals surface area (Å²) in [7, 11) is 1.64. The summed E-state index contributed by atoms with van der Waals surface area (Å²) >= 11 is 0. The molecule has 0 spiro atoms. The van der Waals surface area contributed by atoms with E-state index in [2.05, 4.69) is 16.8 Å². The van der Waals surface area contributed by atoms with Gasteiger partial charge in [0.05, 0.1) is 19.2 Å². The number of anilines is 2. The fraction of sp³-hybridized carbons (Fsp3) is 0.333. The maximum atomic E-state index is 12.7. The Morgan fingerprint density at radius 3 is 2.70 bits per heavy atom. The van der Waals surface area contributed by atoms with Gasteiger partial charge in [0.25, 0.3) is 0 Å². The molecule has 1 aliphatic rings. The molecule has 1 aromatic carbocycles. The Bertz CT molecular complexity index is 685. The number of carbonyl (C=O) groups excluding carboxylic acids is 1. The second-order valence-electron chi connectivity index (χ2n) is 5.50. The number of nitrogens with zero attached hydrogens (tertiary/aromatic N) is 3. The lowest BCUT2D eigenvalue weighted by Gasteiger charge is -2.36. The van der Waals surface area contributed by atoms with Gasteiger partial charge in [-0.1, -0.05) is 12.1 Å². The number of aromatic nitrogens is 1. The number of fused-ring (bicyclic) bond motifs is 1. The van der Waals surface area contributed by atoms with Crippen LogP contribution < -0.4 is 14.5 Å². The number of likely N-dealkylation sites (N-methyl/N-ethyl adjacent to an activating group) is 1. The predicted molar refractivity (Wildman–Crippen MR) is 91.2 cm³/mol. The monoisotopic (exact) mass is 311 g/mol. The first kappa shape index (κ1) is 15.3. The van der Waals surface area contributed by atoms with E-state index < -0.39 is 0 Å². The van der Waals surface area contributed by atoms with Crippen molar-refractivity contribution in [3.63, 3.8) is 0 Å². The highest BCUT2D eigenvalue weighted by molar-refractivity contribution is 5.98. The Hall–Kier alpha value is -2.56. The fourth-order valence-electron chi connectivity index (χ4n) is 2.87. The molecule has 0 saturated heterocycles. The molecule has 3 rings (SSSR count). The Morgan fingerprint density at radius 1 is 1.22 bits per heavy atom. The normalized spacial score (nSPS) is 13.7. The molecule has 120 valence electrons.